The Morgan fingerprint density at radius 2 is 1.96 bits per heavy atom. The molecule has 1 aliphatic rings. The number of hydrogen-bond acceptors (Lipinski definition) is 4. The zero-order chi connectivity index (χ0) is 17.2. The molecule has 0 bridgehead atoms. The van der Waals surface area contributed by atoms with Gasteiger partial charge in [-0.1, -0.05) is 44.4 Å². The molecule has 0 spiro atoms. The van der Waals surface area contributed by atoms with Crippen LogP contribution >= 0.6 is 0 Å². The van der Waals surface area contributed by atoms with Crippen LogP contribution in [0.3, 0.4) is 0 Å². The molecule has 0 saturated heterocycles. The minimum Gasteiger partial charge on any atom is -0.467 e. The molecule has 0 amide bonds. The number of benzene rings is 1. The summed E-state index contributed by atoms with van der Waals surface area (Å²) in [6.07, 6.45) is 7.83. The Balaban J connectivity index is 2.04. The summed E-state index contributed by atoms with van der Waals surface area (Å²) in [5, 5.41) is 0. The van der Waals surface area contributed by atoms with Crippen molar-refractivity contribution in [2.45, 2.75) is 70.3 Å². The minimum atomic E-state index is -0.0596. The van der Waals surface area contributed by atoms with E-state index in [9.17, 15) is 4.79 Å². The third kappa shape index (κ3) is 5.52. The van der Waals surface area contributed by atoms with Crippen LogP contribution in [0.25, 0.3) is 0 Å². The fourth-order valence-electron chi connectivity index (χ4n) is 3.38. The van der Waals surface area contributed by atoms with E-state index in [2.05, 4.69) is 13.0 Å². The molecule has 0 N–H and O–H groups in total. The van der Waals surface area contributed by atoms with E-state index in [1.807, 2.05) is 18.2 Å². The number of rotatable bonds is 9. The lowest BCUT2D eigenvalue weighted by molar-refractivity contribution is -0.151. The monoisotopic (exact) mass is 334 g/mol. The summed E-state index contributed by atoms with van der Waals surface area (Å²) in [7, 11) is 1.62. The molecule has 4 nitrogen and oxygen atoms in total. The Bertz CT molecular complexity index is 500. The van der Waals surface area contributed by atoms with Crippen LogP contribution in [0.2, 0.25) is 0 Å². The lowest BCUT2D eigenvalue weighted by atomic mass is 9.81. The van der Waals surface area contributed by atoms with E-state index in [0.29, 0.717) is 6.42 Å². The molecule has 2 atom stereocenters. The molecule has 2 unspecified atom stereocenters. The van der Waals surface area contributed by atoms with Gasteiger partial charge in [0.1, 0.15) is 11.9 Å². The van der Waals surface area contributed by atoms with Crippen molar-refractivity contribution in [3.05, 3.63) is 29.8 Å². The fourth-order valence-corrected chi connectivity index (χ4v) is 3.38. The molecule has 0 aliphatic heterocycles. The van der Waals surface area contributed by atoms with Crippen molar-refractivity contribution in [2.24, 2.45) is 0 Å². The smallest absolute Gasteiger partial charge is 0.306 e. The van der Waals surface area contributed by atoms with Gasteiger partial charge < -0.3 is 14.2 Å². The van der Waals surface area contributed by atoms with E-state index in [1.165, 1.54) is 0 Å². The molecule has 1 saturated carbocycles. The Morgan fingerprint density at radius 1 is 1.17 bits per heavy atom. The lowest BCUT2D eigenvalue weighted by Crippen LogP contribution is -2.29. The van der Waals surface area contributed by atoms with E-state index in [-0.39, 0.29) is 24.8 Å². The lowest BCUT2D eigenvalue weighted by Gasteiger charge is -2.32. The number of carbonyl (C=O) groups is 1. The summed E-state index contributed by atoms with van der Waals surface area (Å²) in [5.41, 5.74) is 1.13. The molecule has 4 heteroatoms. The molecular weight excluding hydrogens is 304 g/mol. The summed E-state index contributed by atoms with van der Waals surface area (Å²) >= 11 is 0. The Hall–Kier alpha value is -1.55. The second kappa shape index (κ2) is 10.3. The normalized spacial score (nSPS) is 20.6. The molecule has 0 heterocycles. The predicted molar refractivity (Wildman–Crippen MR) is 94.2 cm³/mol. The Kier molecular flexibility index (Phi) is 8.10. The fraction of sp³-hybridized carbons (Fsp3) is 0.650. The maximum absolute atomic E-state index is 12.1. The number of para-hydroxylation sites is 1. The van der Waals surface area contributed by atoms with Gasteiger partial charge >= 0.3 is 5.97 Å². The summed E-state index contributed by atoms with van der Waals surface area (Å²) in [6, 6.07) is 8.02. The van der Waals surface area contributed by atoms with Crippen LogP contribution in [-0.4, -0.2) is 26.0 Å². The Morgan fingerprint density at radius 3 is 2.75 bits per heavy atom. The molecule has 0 radical (unpaired) electrons. The SMILES string of the molecule is CCCCCC(=O)OC1CCCCC1c1ccccc1OCOC. The largest absolute Gasteiger partial charge is 0.467 e. The molecule has 24 heavy (non-hydrogen) atoms. The highest BCUT2D eigenvalue weighted by Gasteiger charge is 2.31. The number of methoxy groups -OCH3 is 1. The second-order valence-corrected chi connectivity index (χ2v) is 6.47. The van der Waals surface area contributed by atoms with Gasteiger partial charge in [-0.25, -0.2) is 0 Å². The van der Waals surface area contributed by atoms with Crippen molar-refractivity contribution >= 4 is 5.97 Å². The third-order valence-electron chi connectivity index (χ3n) is 4.62. The summed E-state index contributed by atoms with van der Waals surface area (Å²) in [6.45, 7) is 2.37. The van der Waals surface area contributed by atoms with E-state index in [0.717, 1.165) is 56.3 Å². The molecule has 1 aromatic rings. The van der Waals surface area contributed by atoms with Gasteiger partial charge in [-0.15, -0.1) is 0 Å². The second-order valence-electron chi connectivity index (χ2n) is 6.47. The molecule has 1 aromatic carbocycles. The van der Waals surface area contributed by atoms with Crippen molar-refractivity contribution < 1.29 is 19.0 Å². The molecule has 0 aromatic heterocycles. The van der Waals surface area contributed by atoms with Gasteiger partial charge in [-0.2, -0.15) is 0 Å². The van der Waals surface area contributed by atoms with Crippen LogP contribution in [-0.2, 0) is 14.3 Å². The highest BCUT2D eigenvalue weighted by molar-refractivity contribution is 5.69. The van der Waals surface area contributed by atoms with Gasteiger partial charge in [0.05, 0.1) is 0 Å². The maximum atomic E-state index is 12.1. The van der Waals surface area contributed by atoms with Crippen LogP contribution < -0.4 is 4.74 Å². The van der Waals surface area contributed by atoms with Crippen LogP contribution in [0.15, 0.2) is 24.3 Å². The number of hydrogen-bond donors (Lipinski definition) is 0. The van der Waals surface area contributed by atoms with Gasteiger partial charge in [0.15, 0.2) is 6.79 Å². The first-order chi connectivity index (χ1) is 11.8. The number of unbranched alkanes of at least 4 members (excludes halogenated alkanes) is 2. The average Bonchev–Trinajstić information content (AvgIpc) is 2.61. The van der Waals surface area contributed by atoms with Crippen LogP contribution in [0, 0.1) is 0 Å². The average molecular weight is 334 g/mol. The topological polar surface area (TPSA) is 44.8 Å². The first-order valence-corrected chi connectivity index (χ1v) is 9.16. The quantitative estimate of drug-likeness (QED) is 0.369. The molecule has 1 aliphatic carbocycles. The van der Waals surface area contributed by atoms with Crippen molar-refractivity contribution in [1.29, 1.82) is 0 Å². The highest BCUT2D eigenvalue weighted by atomic mass is 16.7. The van der Waals surface area contributed by atoms with E-state index < -0.39 is 0 Å². The molecular formula is C20H30O4. The maximum Gasteiger partial charge on any atom is 0.306 e. The zero-order valence-corrected chi connectivity index (χ0v) is 15.0. The molecule has 134 valence electrons. The van der Waals surface area contributed by atoms with Gasteiger partial charge in [-0.05, 0) is 31.7 Å². The highest BCUT2D eigenvalue weighted by Crippen LogP contribution is 2.39. The van der Waals surface area contributed by atoms with Crippen LogP contribution in [0.4, 0.5) is 0 Å². The molecule has 2 rings (SSSR count). The molecule has 1 fully saturated rings. The summed E-state index contributed by atoms with van der Waals surface area (Å²) in [5.74, 6) is 0.982. The minimum absolute atomic E-state index is 0.0415. The van der Waals surface area contributed by atoms with Gasteiger partial charge in [0.25, 0.3) is 0 Å². The van der Waals surface area contributed by atoms with Gasteiger partial charge in [-0.3, -0.25) is 4.79 Å². The van der Waals surface area contributed by atoms with Crippen molar-refractivity contribution in [3.63, 3.8) is 0 Å². The first-order valence-electron chi connectivity index (χ1n) is 9.16. The van der Waals surface area contributed by atoms with Crippen molar-refractivity contribution in [2.75, 3.05) is 13.9 Å². The van der Waals surface area contributed by atoms with Gasteiger partial charge in [0, 0.05) is 25.0 Å². The van der Waals surface area contributed by atoms with Gasteiger partial charge in [0.2, 0.25) is 0 Å². The van der Waals surface area contributed by atoms with E-state index in [4.69, 9.17) is 14.2 Å². The van der Waals surface area contributed by atoms with E-state index >= 15 is 0 Å². The standard InChI is InChI=1S/C20H30O4/c1-3-4-5-14-20(21)24-19-13-9-7-11-17(19)16-10-6-8-12-18(16)23-15-22-2/h6,8,10,12,17,19H,3-5,7,9,11,13-15H2,1-2H3. The van der Waals surface area contributed by atoms with E-state index in [1.54, 1.807) is 7.11 Å². The number of esters is 1. The van der Waals surface area contributed by atoms with Crippen molar-refractivity contribution in [1.82, 2.24) is 0 Å². The number of carbonyl (C=O) groups excluding carboxylic acids is 1. The van der Waals surface area contributed by atoms with Crippen molar-refractivity contribution in [3.8, 4) is 5.75 Å². The number of ether oxygens (including phenoxy) is 3. The zero-order valence-electron chi connectivity index (χ0n) is 15.0. The van der Waals surface area contributed by atoms with Crippen LogP contribution in [0.5, 0.6) is 5.75 Å². The predicted octanol–water partition coefficient (Wildman–Crippen LogP) is 4.82. The first kappa shape index (κ1) is 18.8. The summed E-state index contributed by atoms with van der Waals surface area (Å²) in [4.78, 5) is 12.1. The Labute approximate surface area is 145 Å². The third-order valence-corrected chi connectivity index (χ3v) is 4.62. The summed E-state index contributed by atoms with van der Waals surface area (Å²) < 4.78 is 16.6. The van der Waals surface area contributed by atoms with Crippen LogP contribution in [0.1, 0.15) is 69.8 Å².